The monoisotopic (exact) mass is 233 g/mol. The molecule has 2 rings (SSSR count). The van der Waals surface area contributed by atoms with E-state index in [2.05, 4.69) is 4.90 Å². The zero-order valence-corrected chi connectivity index (χ0v) is 10.2. The van der Waals surface area contributed by atoms with Crippen LogP contribution >= 0.6 is 0 Å². The van der Waals surface area contributed by atoms with Gasteiger partial charge in [0, 0.05) is 12.5 Å². The van der Waals surface area contributed by atoms with E-state index < -0.39 is 0 Å². The zero-order valence-electron chi connectivity index (χ0n) is 10.2. The molecule has 0 amide bonds. The number of hydrogen-bond donors (Lipinski definition) is 1. The summed E-state index contributed by atoms with van der Waals surface area (Å²) in [6, 6.07) is 7.38. The molecule has 3 nitrogen and oxygen atoms in total. The minimum absolute atomic E-state index is 0.260. The van der Waals surface area contributed by atoms with Crippen LogP contribution in [-0.4, -0.2) is 28.9 Å². The fourth-order valence-electron chi connectivity index (χ4n) is 2.41. The number of Topliss-reactive ketones (excluding diaryl/α,β-unsaturated/α-hetero) is 1. The molecule has 0 aromatic heterocycles. The number of ketones is 1. The predicted molar refractivity (Wildman–Crippen MR) is 66.8 cm³/mol. The first-order chi connectivity index (χ1) is 8.15. The first-order valence-corrected chi connectivity index (χ1v) is 6.16. The molecule has 1 heterocycles. The van der Waals surface area contributed by atoms with E-state index >= 15 is 0 Å². The predicted octanol–water partition coefficient (Wildman–Crippen LogP) is 2.19. The maximum absolute atomic E-state index is 11.3. The summed E-state index contributed by atoms with van der Waals surface area (Å²) < 4.78 is 0. The Morgan fingerprint density at radius 3 is 2.71 bits per heavy atom. The zero-order chi connectivity index (χ0) is 12.3. The van der Waals surface area contributed by atoms with Gasteiger partial charge >= 0.3 is 0 Å². The van der Waals surface area contributed by atoms with Crippen LogP contribution in [0.3, 0.4) is 0 Å². The van der Waals surface area contributed by atoms with Gasteiger partial charge in [-0.15, -0.1) is 0 Å². The Labute approximate surface area is 102 Å². The third-order valence-corrected chi connectivity index (χ3v) is 3.48. The van der Waals surface area contributed by atoms with Crippen LogP contribution in [0.5, 0.6) is 5.75 Å². The van der Waals surface area contributed by atoms with E-state index in [9.17, 15) is 9.90 Å². The number of likely N-dealkylation sites (tertiary alicyclic amines) is 1. The van der Waals surface area contributed by atoms with Crippen molar-refractivity contribution >= 4 is 5.78 Å². The molecule has 1 aromatic carbocycles. The van der Waals surface area contributed by atoms with Crippen LogP contribution in [0.1, 0.15) is 25.3 Å². The minimum Gasteiger partial charge on any atom is -0.508 e. The molecule has 92 valence electrons. The molecule has 1 aliphatic heterocycles. The van der Waals surface area contributed by atoms with Crippen LogP contribution in [0.4, 0.5) is 0 Å². The number of phenolic OH excluding ortho intramolecular Hbond substituents is 1. The summed E-state index contributed by atoms with van der Waals surface area (Å²) in [5.74, 6) is 0.901. The number of carbonyl (C=O) groups excluding carboxylic acids is 1. The fourth-order valence-corrected chi connectivity index (χ4v) is 2.41. The van der Waals surface area contributed by atoms with Crippen molar-refractivity contribution in [2.24, 2.45) is 5.92 Å². The van der Waals surface area contributed by atoms with Gasteiger partial charge in [0.1, 0.15) is 11.5 Å². The lowest BCUT2D eigenvalue weighted by Gasteiger charge is -2.30. The van der Waals surface area contributed by atoms with Gasteiger partial charge in [-0.3, -0.25) is 9.69 Å². The van der Waals surface area contributed by atoms with Crippen LogP contribution in [0.25, 0.3) is 0 Å². The first kappa shape index (κ1) is 12.1. The van der Waals surface area contributed by atoms with Gasteiger partial charge < -0.3 is 5.11 Å². The van der Waals surface area contributed by atoms with Crippen LogP contribution < -0.4 is 0 Å². The number of piperidine rings is 1. The first-order valence-electron chi connectivity index (χ1n) is 6.16. The molecule has 0 bridgehead atoms. The number of hydrogen-bond acceptors (Lipinski definition) is 3. The molecule has 17 heavy (non-hydrogen) atoms. The van der Waals surface area contributed by atoms with Crippen molar-refractivity contribution in [2.75, 3.05) is 13.1 Å². The molecule has 3 heteroatoms. The van der Waals surface area contributed by atoms with Gasteiger partial charge in [-0.25, -0.2) is 0 Å². The lowest BCUT2D eigenvalue weighted by Crippen LogP contribution is -2.35. The number of carbonyl (C=O) groups is 1. The summed E-state index contributed by atoms with van der Waals surface area (Å²) in [5, 5.41) is 9.39. The largest absolute Gasteiger partial charge is 0.508 e. The molecule has 1 aromatic rings. The summed E-state index contributed by atoms with van der Waals surface area (Å²) in [6.45, 7) is 4.49. The van der Waals surface area contributed by atoms with Crippen LogP contribution in [0, 0.1) is 5.92 Å². The highest BCUT2D eigenvalue weighted by Crippen LogP contribution is 2.20. The molecule has 0 unspecified atom stereocenters. The second-order valence-corrected chi connectivity index (χ2v) is 4.83. The molecule has 0 spiro atoms. The molecule has 0 atom stereocenters. The standard InChI is InChI=1S/C14H19NO2/c1-11(16)13-5-7-15(8-6-13)10-12-3-2-4-14(17)9-12/h2-4,9,13,17H,5-8,10H2,1H3. The van der Waals surface area contributed by atoms with E-state index in [1.165, 1.54) is 0 Å². The Morgan fingerprint density at radius 2 is 2.12 bits per heavy atom. The second kappa shape index (κ2) is 5.32. The molecular weight excluding hydrogens is 214 g/mol. The Balaban J connectivity index is 1.88. The highest BCUT2D eigenvalue weighted by atomic mass is 16.3. The van der Waals surface area contributed by atoms with E-state index in [4.69, 9.17) is 0 Å². The van der Waals surface area contributed by atoms with Crippen molar-refractivity contribution in [1.82, 2.24) is 4.90 Å². The van der Waals surface area contributed by atoms with E-state index in [1.807, 2.05) is 12.1 Å². The quantitative estimate of drug-likeness (QED) is 0.870. The molecule has 1 fully saturated rings. The van der Waals surface area contributed by atoms with Gasteiger partial charge in [-0.2, -0.15) is 0 Å². The lowest BCUT2D eigenvalue weighted by atomic mass is 9.93. The van der Waals surface area contributed by atoms with Gasteiger partial charge in [-0.1, -0.05) is 12.1 Å². The molecule has 0 saturated carbocycles. The normalized spacial score (nSPS) is 18.2. The maximum atomic E-state index is 11.3. The third-order valence-electron chi connectivity index (χ3n) is 3.48. The summed E-state index contributed by atoms with van der Waals surface area (Å²) >= 11 is 0. The van der Waals surface area contributed by atoms with Gasteiger partial charge in [0.25, 0.3) is 0 Å². The van der Waals surface area contributed by atoms with Crippen molar-refractivity contribution in [3.05, 3.63) is 29.8 Å². The SMILES string of the molecule is CC(=O)C1CCN(Cc2cccc(O)c2)CC1. The van der Waals surface area contributed by atoms with Gasteiger partial charge in [-0.05, 0) is 50.6 Å². The van der Waals surface area contributed by atoms with Gasteiger partial charge in [0.15, 0.2) is 0 Å². The fraction of sp³-hybridized carbons (Fsp3) is 0.500. The third kappa shape index (κ3) is 3.30. The smallest absolute Gasteiger partial charge is 0.133 e. The summed E-state index contributed by atoms with van der Waals surface area (Å²) in [4.78, 5) is 13.6. The number of phenols is 1. The summed E-state index contributed by atoms with van der Waals surface area (Å²) in [7, 11) is 0. The van der Waals surface area contributed by atoms with E-state index in [1.54, 1.807) is 19.1 Å². The molecular formula is C14H19NO2. The Kier molecular flexibility index (Phi) is 3.79. The van der Waals surface area contributed by atoms with Gasteiger partial charge in [0.05, 0.1) is 0 Å². The van der Waals surface area contributed by atoms with E-state index in [0.29, 0.717) is 11.5 Å². The molecule has 1 aliphatic rings. The van der Waals surface area contributed by atoms with Crippen molar-refractivity contribution in [3.8, 4) is 5.75 Å². The molecule has 1 N–H and O–H groups in total. The summed E-state index contributed by atoms with van der Waals surface area (Å²) in [6.07, 6.45) is 1.93. The van der Waals surface area contributed by atoms with Crippen molar-refractivity contribution in [3.63, 3.8) is 0 Å². The maximum Gasteiger partial charge on any atom is 0.133 e. The van der Waals surface area contributed by atoms with Crippen LogP contribution in [-0.2, 0) is 11.3 Å². The van der Waals surface area contributed by atoms with Crippen molar-refractivity contribution in [1.29, 1.82) is 0 Å². The highest BCUT2D eigenvalue weighted by molar-refractivity contribution is 5.78. The minimum atomic E-state index is 0.260. The van der Waals surface area contributed by atoms with Gasteiger partial charge in [0.2, 0.25) is 0 Å². The molecule has 0 radical (unpaired) electrons. The van der Waals surface area contributed by atoms with Crippen molar-refractivity contribution < 1.29 is 9.90 Å². The molecule has 0 aliphatic carbocycles. The second-order valence-electron chi connectivity index (χ2n) is 4.83. The van der Waals surface area contributed by atoms with Crippen LogP contribution in [0.2, 0.25) is 0 Å². The topological polar surface area (TPSA) is 40.5 Å². The molecule has 1 saturated heterocycles. The van der Waals surface area contributed by atoms with E-state index in [0.717, 1.165) is 38.0 Å². The average Bonchev–Trinajstić information content (AvgIpc) is 2.29. The number of aromatic hydroxyl groups is 1. The summed E-state index contributed by atoms with van der Waals surface area (Å²) in [5.41, 5.74) is 1.13. The van der Waals surface area contributed by atoms with E-state index in [-0.39, 0.29) is 5.92 Å². The number of benzene rings is 1. The van der Waals surface area contributed by atoms with Crippen LogP contribution in [0.15, 0.2) is 24.3 Å². The average molecular weight is 233 g/mol. The Bertz CT molecular complexity index is 395. The van der Waals surface area contributed by atoms with Crippen molar-refractivity contribution in [2.45, 2.75) is 26.3 Å². The Morgan fingerprint density at radius 1 is 1.41 bits per heavy atom. The number of rotatable bonds is 3. The lowest BCUT2D eigenvalue weighted by molar-refractivity contribution is -0.122. The Hall–Kier alpha value is -1.35. The number of nitrogens with zero attached hydrogens (tertiary/aromatic N) is 1. The highest BCUT2D eigenvalue weighted by Gasteiger charge is 2.22.